The summed E-state index contributed by atoms with van der Waals surface area (Å²) in [6.07, 6.45) is 0. The Kier molecular flexibility index (Phi) is 4.62. The highest BCUT2D eigenvalue weighted by atomic mass is 19.1. The number of nitro groups is 1. The number of methoxy groups -OCH3 is 1. The molecular weight excluding hydrogens is 283 g/mol. The van der Waals surface area contributed by atoms with Gasteiger partial charge in [0.25, 0.3) is 11.6 Å². The molecule has 0 unspecified atom stereocenters. The topological polar surface area (TPSA) is 98.5 Å². The number of aryl methyl sites for hydroxylation is 1. The molecule has 0 aliphatic heterocycles. The zero-order valence-corrected chi connectivity index (χ0v) is 12.0. The highest BCUT2D eigenvalue weighted by Gasteiger charge is 2.32. The SMILES string of the molecule is COC(=O)C(C)(C)NC(=O)c1cc([N+](=O)[O-])cc(C)c1F. The zero-order chi connectivity index (χ0) is 16.4. The van der Waals surface area contributed by atoms with Crippen molar-refractivity contribution in [1.29, 1.82) is 0 Å². The monoisotopic (exact) mass is 298 g/mol. The van der Waals surface area contributed by atoms with Crippen LogP contribution < -0.4 is 5.32 Å². The minimum absolute atomic E-state index is 0.0368. The van der Waals surface area contributed by atoms with Crippen LogP contribution in [0.15, 0.2) is 12.1 Å². The van der Waals surface area contributed by atoms with Gasteiger partial charge < -0.3 is 10.1 Å². The van der Waals surface area contributed by atoms with E-state index in [4.69, 9.17) is 0 Å². The minimum Gasteiger partial charge on any atom is -0.467 e. The van der Waals surface area contributed by atoms with Gasteiger partial charge in [0, 0.05) is 12.1 Å². The Hall–Kier alpha value is -2.51. The summed E-state index contributed by atoms with van der Waals surface area (Å²) >= 11 is 0. The van der Waals surface area contributed by atoms with Crippen molar-refractivity contribution >= 4 is 17.6 Å². The third-order valence-electron chi connectivity index (χ3n) is 2.82. The van der Waals surface area contributed by atoms with Gasteiger partial charge in [-0.15, -0.1) is 0 Å². The number of esters is 1. The maximum Gasteiger partial charge on any atom is 0.330 e. The van der Waals surface area contributed by atoms with Gasteiger partial charge in [0.1, 0.15) is 11.4 Å². The first-order valence-corrected chi connectivity index (χ1v) is 5.95. The lowest BCUT2D eigenvalue weighted by Gasteiger charge is -2.23. The summed E-state index contributed by atoms with van der Waals surface area (Å²) in [6.45, 7) is 4.06. The number of carbonyl (C=O) groups is 2. The first-order valence-electron chi connectivity index (χ1n) is 5.95. The summed E-state index contributed by atoms with van der Waals surface area (Å²) in [5, 5.41) is 13.0. The highest BCUT2D eigenvalue weighted by molar-refractivity contribution is 5.98. The molecule has 0 spiro atoms. The van der Waals surface area contributed by atoms with Gasteiger partial charge in [-0.3, -0.25) is 14.9 Å². The molecular formula is C13H15FN2O5. The predicted molar refractivity (Wildman–Crippen MR) is 71.4 cm³/mol. The molecule has 0 saturated carbocycles. The maximum absolute atomic E-state index is 14.0. The summed E-state index contributed by atoms with van der Waals surface area (Å²) in [6, 6.07) is 1.85. The van der Waals surface area contributed by atoms with Crippen LogP contribution in [0.1, 0.15) is 29.8 Å². The first-order chi connectivity index (χ1) is 9.60. The molecule has 114 valence electrons. The fourth-order valence-electron chi connectivity index (χ4n) is 1.68. The van der Waals surface area contributed by atoms with E-state index in [1.807, 2.05) is 0 Å². The predicted octanol–water partition coefficient (Wildman–Crippen LogP) is 1.72. The molecule has 1 N–H and O–H groups in total. The van der Waals surface area contributed by atoms with Gasteiger partial charge in [0.05, 0.1) is 17.6 Å². The van der Waals surface area contributed by atoms with Gasteiger partial charge in [-0.1, -0.05) is 0 Å². The number of benzene rings is 1. The minimum atomic E-state index is -1.39. The molecule has 1 amide bonds. The Morgan fingerprint density at radius 3 is 2.43 bits per heavy atom. The van der Waals surface area contributed by atoms with Crippen molar-refractivity contribution in [2.45, 2.75) is 26.3 Å². The Morgan fingerprint density at radius 1 is 1.38 bits per heavy atom. The lowest BCUT2D eigenvalue weighted by molar-refractivity contribution is -0.385. The number of non-ortho nitro benzene ring substituents is 1. The molecule has 0 saturated heterocycles. The third-order valence-corrected chi connectivity index (χ3v) is 2.82. The van der Waals surface area contributed by atoms with Crippen molar-refractivity contribution in [3.8, 4) is 0 Å². The van der Waals surface area contributed by atoms with Gasteiger partial charge in [0.15, 0.2) is 0 Å². The Balaban J connectivity index is 3.19. The van der Waals surface area contributed by atoms with Crippen molar-refractivity contribution in [2.24, 2.45) is 0 Å². The number of hydrogen-bond acceptors (Lipinski definition) is 5. The molecule has 1 rings (SSSR count). The smallest absolute Gasteiger partial charge is 0.330 e. The van der Waals surface area contributed by atoms with Crippen LogP contribution in [-0.2, 0) is 9.53 Å². The molecule has 0 radical (unpaired) electrons. The second-order valence-electron chi connectivity index (χ2n) is 4.95. The average molecular weight is 298 g/mol. The van der Waals surface area contributed by atoms with Crippen molar-refractivity contribution in [2.75, 3.05) is 7.11 Å². The molecule has 0 fully saturated rings. The molecule has 1 aromatic carbocycles. The van der Waals surface area contributed by atoms with Crippen LogP contribution in [0.2, 0.25) is 0 Å². The lowest BCUT2D eigenvalue weighted by Crippen LogP contribution is -2.50. The van der Waals surface area contributed by atoms with E-state index in [2.05, 4.69) is 10.1 Å². The Labute approximate surface area is 120 Å². The summed E-state index contributed by atoms with van der Waals surface area (Å²) in [7, 11) is 1.15. The Bertz CT molecular complexity index is 613. The van der Waals surface area contributed by atoms with Crippen LogP contribution in [0.3, 0.4) is 0 Å². The van der Waals surface area contributed by atoms with E-state index in [0.29, 0.717) is 0 Å². The number of ether oxygens (including phenoxy) is 1. The fraction of sp³-hybridized carbons (Fsp3) is 0.385. The summed E-state index contributed by atoms with van der Waals surface area (Å²) in [4.78, 5) is 33.6. The standard InChI is InChI=1S/C13H15FN2O5/c1-7-5-8(16(19)20)6-9(10(7)14)11(17)15-13(2,3)12(18)21-4/h5-6H,1-4H3,(H,15,17). The molecule has 0 aromatic heterocycles. The zero-order valence-electron chi connectivity index (χ0n) is 12.0. The molecule has 7 nitrogen and oxygen atoms in total. The third kappa shape index (κ3) is 3.53. The number of amides is 1. The van der Waals surface area contributed by atoms with E-state index in [0.717, 1.165) is 19.2 Å². The number of hydrogen-bond donors (Lipinski definition) is 1. The molecule has 0 atom stereocenters. The molecule has 1 aromatic rings. The fourth-order valence-corrected chi connectivity index (χ4v) is 1.68. The largest absolute Gasteiger partial charge is 0.467 e. The summed E-state index contributed by atoms with van der Waals surface area (Å²) in [5.41, 5.74) is -2.34. The normalized spacial score (nSPS) is 10.9. The molecule has 21 heavy (non-hydrogen) atoms. The van der Waals surface area contributed by atoms with E-state index in [9.17, 15) is 24.1 Å². The summed E-state index contributed by atoms with van der Waals surface area (Å²) < 4.78 is 18.5. The molecule has 0 aliphatic carbocycles. The average Bonchev–Trinajstić information content (AvgIpc) is 2.39. The van der Waals surface area contributed by atoms with Gasteiger partial charge in [-0.2, -0.15) is 0 Å². The maximum atomic E-state index is 14.0. The van der Waals surface area contributed by atoms with Crippen molar-refractivity contribution in [1.82, 2.24) is 5.32 Å². The van der Waals surface area contributed by atoms with Gasteiger partial charge >= 0.3 is 5.97 Å². The molecule has 0 bridgehead atoms. The molecule has 8 heteroatoms. The van der Waals surface area contributed by atoms with Crippen LogP contribution in [0.5, 0.6) is 0 Å². The van der Waals surface area contributed by atoms with E-state index in [-0.39, 0.29) is 5.56 Å². The number of rotatable bonds is 4. The van der Waals surface area contributed by atoms with E-state index in [1.165, 1.54) is 20.8 Å². The van der Waals surface area contributed by atoms with Gasteiger partial charge in [0.2, 0.25) is 0 Å². The lowest BCUT2D eigenvalue weighted by atomic mass is 10.0. The first kappa shape index (κ1) is 16.5. The second-order valence-corrected chi connectivity index (χ2v) is 4.95. The second kappa shape index (κ2) is 5.86. The quantitative estimate of drug-likeness (QED) is 0.518. The van der Waals surface area contributed by atoms with Crippen molar-refractivity contribution in [3.63, 3.8) is 0 Å². The van der Waals surface area contributed by atoms with Crippen LogP contribution in [0.4, 0.5) is 10.1 Å². The number of nitro benzene ring substituents is 1. The van der Waals surface area contributed by atoms with Crippen LogP contribution in [-0.4, -0.2) is 29.4 Å². The van der Waals surface area contributed by atoms with Gasteiger partial charge in [-0.05, 0) is 26.3 Å². The van der Waals surface area contributed by atoms with Crippen molar-refractivity contribution in [3.05, 3.63) is 39.2 Å². The molecule has 0 aliphatic rings. The number of halogens is 1. The number of nitrogens with zero attached hydrogens (tertiary/aromatic N) is 1. The van der Waals surface area contributed by atoms with E-state index >= 15 is 0 Å². The Morgan fingerprint density at radius 2 is 1.95 bits per heavy atom. The van der Waals surface area contributed by atoms with Crippen LogP contribution in [0, 0.1) is 22.9 Å². The summed E-state index contributed by atoms with van der Waals surface area (Å²) in [5.74, 6) is -2.54. The van der Waals surface area contributed by atoms with Crippen LogP contribution in [0.25, 0.3) is 0 Å². The highest BCUT2D eigenvalue weighted by Crippen LogP contribution is 2.21. The van der Waals surface area contributed by atoms with Crippen LogP contribution >= 0.6 is 0 Å². The van der Waals surface area contributed by atoms with Crippen molar-refractivity contribution < 1.29 is 23.6 Å². The van der Waals surface area contributed by atoms with E-state index < -0.39 is 39.4 Å². The van der Waals surface area contributed by atoms with E-state index in [1.54, 1.807) is 0 Å². The number of carbonyl (C=O) groups excluding carboxylic acids is 2. The number of nitrogens with one attached hydrogen (secondary N) is 1. The van der Waals surface area contributed by atoms with Gasteiger partial charge in [-0.25, -0.2) is 9.18 Å². The molecule has 0 heterocycles.